The summed E-state index contributed by atoms with van der Waals surface area (Å²) >= 11 is 0. The van der Waals surface area contributed by atoms with Crippen molar-refractivity contribution >= 4 is 7.12 Å². The van der Waals surface area contributed by atoms with Gasteiger partial charge in [0.1, 0.15) is 0 Å². The van der Waals surface area contributed by atoms with Crippen LogP contribution in [0.4, 0.5) is 0 Å². The molecule has 1 heterocycles. The quantitative estimate of drug-likeness (QED) is 0.510. The molecule has 0 amide bonds. The van der Waals surface area contributed by atoms with Crippen molar-refractivity contribution in [3.05, 3.63) is 24.2 Å². The van der Waals surface area contributed by atoms with Crippen LogP contribution in [0.3, 0.4) is 0 Å². The summed E-state index contributed by atoms with van der Waals surface area (Å²) < 4.78 is 5.21. The van der Waals surface area contributed by atoms with Crippen molar-refractivity contribution in [2.24, 2.45) is 0 Å². The lowest BCUT2D eigenvalue weighted by Gasteiger charge is -2.17. The van der Waals surface area contributed by atoms with E-state index >= 15 is 0 Å². The fourth-order valence-electron chi connectivity index (χ4n) is 1.15. The molecule has 1 aliphatic rings. The van der Waals surface area contributed by atoms with Gasteiger partial charge < -0.3 is 9.68 Å². The van der Waals surface area contributed by atoms with Gasteiger partial charge in [0.25, 0.3) is 0 Å². The summed E-state index contributed by atoms with van der Waals surface area (Å²) in [5.74, 6) is 1.67. The molecular formula is C9H15BO2. The summed E-state index contributed by atoms with van der Waals surface area (Å²) in [4.78, 5) is 0. The lowest BCUT2D eigenvalue weighted by molar-refractivity contribution is 0.208. The third-order valence-electron chi connectivity index (χ3n) is 1.79. The van der Waals surface area contributed by atoms with E-state index in [2.05, 4.69) is 13.0 Å². The zero-order valence-corrected chi connectivity index (χ0v) is 7.44. The van der Waals surface area contributed by atoms with Gasteiger partial charge in [-0.15, -0.1) is 0 Å². The largest absolute Gasteiger partial charge is 0.483 e. The monoisotopic (exact) mass is 166 g/mol. The number of hydrogen-bond donors (Lipinski definition) is 1. The number of rotatable bonds is 3. The summed E-state index contributed by atoms with van der Waals surface area (Å²) in [6.07, 6.45) is 9.26. The number of hydrogen-bond acceptors (Lipinski definition) is 2. The van der Waals surface area contributed by atoms with E-state index in [1.807, 2.05) is 12.2 Å². The minimum atomic E-state index is -0.713. The molecule has 12 heavy (non-hydrogen) atoms. The first-order valence-corrected chi connectivity index (χ1v) is 4.49. The van der Waals surface area contributed by atoms with Crippen LogP contribution in [0.15, 0.2) is 24.2 Å². The Labute approximate surface area is 74.1 Å². The van der Waals surface area contributed by atoms with Crippen LogP contribution in [-0.2, 0) is 4.65 Å². The van der Waals surface area contributed by atoms with Gasteiger partial charge in [0.05, 0.1) is 6.10 Å². The molecule has 0 aromatic carbocycles. The van der Waals surface area contributed by atoms with Crippen LogP contribution in [0, 0.1) is 0 Å². The van der Waals surface area contributed by atoms with Gasteiger partial charge >= 0.3 is 7.12 Å². The summed E-state index contributed by atoms with van der Waals surface area (Å²) in [6, 6.07) is 0. The molecule has 0 radical (unpaired) electrons. The number of unbranched alkanes of at least 4 members (excludes halogenated alkanes) is 1. The molecule has 1 unspecified atom stereocenters. The molecule has 1 N–H and O–H groups in total. The SMILES string of the molecule is CCC/C=C/C1CC=CB(O)O1. The molecule has 0 saturated carbocycles. The van der Waals surface area contributed by atoms with Crippen LogP contribution in [-0.4, -0.2) is 18.2 Å². The maximum Gasteiger partial charge on any atom is 0.483 e. The molecule has 0 bridgehead atoms. The van der Waals surface area contributed by atoms with Crippen LogP contribution in [0.2, 0.25) is 0 Å². The molecule has 1 aliphatic heterocycles. The average molecular weight is 166 g/mol. The Kier molecular flexibility index (Phi) is 4.12. The summed E-state index contributed by atoms with van der Waals surface area (Å²) in [5, 5.41) is 9.09. The standard InChI is InChI=1S/C9H15BO2/c1-2-3-4-6-9-7-5-8-10(11)12-9/h4-6,8-9,11H,2-3,7H2,1H3/b6-4+. The maximum absolute atomic E-state index is 9.09. The third-order valence-corrected chi connectivity index (χ3v) is 1.79. The van der Waals surface area contributed by atoms with Gasteiger partial charge in [0.2, 0.25) is 0 Å². The van der Waals surface area contributed by atoms with Crippen molar-refractivity contribution in [2.75, 3.05) is 0 Å². The molecule has 0 aliphatic carbocycles. The summed E-state index contributed by atoms with van der Waals surface area (Å²) in [6.45, 7) is 2.14. The molecule has 2 nitrogen and oxygen atoms in total. The van der Waals surface area contributed by atoms with Gasteiger partial charge in [-0.1, -0.05) is 37.5 Å². The molecule has 66 valence electrons. The van der Waals surface area contributed by atoms with Gasteiger partial charge in [-0.3, -0.25) is 0 Å². The zero-order valence-electron chi connectivity index (χ0n) is 7.44. The van der Waals surface area contributed by atoms with Crippen molar-refractivity contribution in [2.45, 2.75) is 32.3 Å². The molecule has 0 spiro atoms. The second-order valence-corrected chi connectivity index (χ2v) is 2.95. The lowest BCUT2D eigenvalue weighted by atomic mass is 9.86. The minimum absolute atomic E-state index is 0.0662. The highest BCUT2D eigenvalue weighted by atomic mass is 16.5. The second kappa shape index (κ2) is 5.17. The first kappa shape index (κ1) is 9.55. The predicted molar refractivity (Wildman–Crippen MR) is 50.7 cm³/mol. The van der Waals surface area contributed by atoms with E-state index in [-0.39, 0.29) is 6.10 Å². The highest BCUT2D eigenvalue weighted by Gasteiger charge is 2.17. The van der Waals surface area contributed by atoms with E-state index in [0.717, 1.165) is 19.3 Å². The Morgan fingerprint density at radius 2 is 2.58 bits per heavy atom. The van der Waals surface area contributed by atoms with Crippen LogP contribution >= 0.6 is 0 Å². The van der Waals surface area contributed by atoms with Crippen molar-refractivity contribution in [1.29, 1.82) is 0 Å². The molecule has 1 rings (SSSR count). The fraction of sp³-hybridized carbons (Fsp3) is 0.556. The first-order chi connectivity index (χ1) is 5.83. The molecule has 0 aromatic rings. The van der Waals surface area contributed by atoms with Crippen molar-refractivity contribution in [1.82, 2.24) is 0 Å². The Bertz CT molecular complexity index is 177. The van der Waals surface area contributed by atoms with E-state index in [9.17, 15) is 0 Å². The van der Waals surface area contributed by atoms with Crippen molar-refractivity contribution < 1.29 is 9.68 Å². The normalized spacial score (nSPS) is 23.8. The van der Waals surface area contributed by atoms with E-state index < -0.39 is 7.12 Å². The highest BCUT2D eigenvalue weighted by molar-refractivity contribution is 6.49. The fourth-order valence-corrected chi connectivity index (χ4v) is 1.15. The highest BCUT2D eigenvalue weighted by Crippen LogP contribution is 2.09. The van der Waals surface area contributed by atoms with E-state index in [1.165, 1.54) is 0 Å². The second-order valence-electron chi connectivity index (χ2n) is 2.95. The minimum Gasteiger partial charge on any atom is -0.423 e. The maximum atomic E-state index is 9.09. The van der Waals surface area contributed by atoms with Crippen molar-refractivity contribution in [3.8, 4) is 0 Å². The predicted octanol–water partition coefficient (Wildman–Crippen LogP) is 1.71. The van der Waals surface area contributed by atoms with Crippen molar-refractivity contribution in [3.63, 3.8) is 0 Å². The summed E-state index contributed by atoms with van der Waals surface area (Å²) in [5.41, 5.74) is 0. The summed E-state index contributed by atoms with van der Waals surface area (Å²) in [7, 11) is -0.713. The first-order valence-electron chi connectivity index (χ1n) is 4.49. The Morgan fingerprint density at radius 3 is 3.25 bits per heavy atom. The lowest BCUT2D eigenvalue weighted by Crippen LogP contribution is -2.26. The molecule has 0 aromatic heterocycles. The van der Waals surface area contributed by atoms with Crippen LogP contribution in [0.25, 0.3) is 0 Å². The topological polar surface area (TPSA) is 29.5 Å². The van der Waals surface area contributed by atoms with Gasteiger partial charge in [-0.05, 0) is 12.8 Å². The third kappa shape index (κ3) is 3.24. The zero-order chi connectivity index (χ0) is 8.81. The van der Waals surface area contributed by atoms with Crippen LogP contribution in [0.5, 0.6) is 0 Å². The van der Waals surface area contributed by atoms with Crippen LogP contribution < -0.4 is 0 Å². The van der Waals surface area contributed by atoms with Gasteiger partial charge in [-0.2, -0.15) is 0 Å². The molecular weight excluding hydrogens is 151 g/mol. The molecule has 1 atom stereocenters. The van der Waals surface area contributed by atoms with Crippen LogP contribution in [0.1, 0.15) is 26.2 Å². The van der Waals surface area contributed by atoms with Gasteiger partial charge in [0.15, 0.2) is 0 Å². The Morgan fingerprint density at radius 1 is 1.75 bits per heavy atom. The Balaban J connectivity index is 2.29. The van der Waals surface area contributed by atoms with E-state index in [1.54, 1.807) is 5.98 Å². The average Bonchev–Trinajstić information content (AvgIpc) is 2.05. The molecule has 3 heteroatoms. The number of allylic oxidation sites excluding steroid dienone is 1. The Hall–Kier alpha value is -0.535. The van der Waals surface area contributed by atoms with E-state index in [0.29, 0.717) is 0 Å². The van der Waals surface area contributed by atoms with Gasteiger partial charge in [0, 0.05) is 0 Å². The van der Waals surface area contributed by atoms with E-state index in [4.69, 9.17) is 9.68 Å². The molecule has 0 fully saturated rings. The smallest absolute Gasteiger partial charge is 0.423 e. The molecule has 0 saturated heterocycles. The van der Waals surface area contributed by atoms with Gasteiger partial charge in [-0.25, -0.2) is 0 Å².